The largest absolute Gasteiger partial charge is 0.353 e. The standard InChI is InChI=1S/C21H37N3O3/c1-17(2,12-22-15(26)20(7)11-10-14(25)23-20)13-24(9)16(27)21(8)18(3,4)19(21,5)6/h10-13H2,1-9H3,(H,22,26)(H,23,25)/t20-/m0/s1. The summed E-state index contributed by atoms with van der Waals surface area (Å²) in [6, 6.07) is 0. The summed E-state index contributed by atoms with van der Waals surface area (Å²) in [4.78, 5) is 38.9. The van der Waals surface area contributed by atoms with Crippen LogP contribution >= 0.6 is 0 Å². The highest BCUT2D eigenvalue weighted by Crippen LogP contribution is 2.78. The summed E-state index contributed by atoms with van der Waals surface area (Å²) in [5, 5.41) is 5.72. The van der Waals surface area contributed by atoms with Gasteiger partial charge >= 0.3 is 0 Å². The molecule has 154 valence electrons. The van der Waals surface area contributed by atoms with Crippen molar-refractivity contribution in [2.75, 3.05) is 20.1 Å². The molecule has 0 bridgehead atoms. The quantitative estimate of drug-likeness (QED) is 0.743. The van der Waals surface area contributed by atoms with Crippen LogP contribution in [0.15, 0.2) is 0 Å². The predicted octanol–water partition coefficient (Wildman–Crippen LogP) is 2.33. The lowest BCUT2D eigenvalue weighted by Gasteiger charge is -2.34. The van der Waals surface area contributed by atoms with E-state index in [9.17, 15) is 14.4 Å². The highest BCUT2D eigenvalue weighted by atomic mass is 16.2. The summed E-state index contributed by atoms with van der Waals surface area (Å²) in [5.74, 6) is -0.0844. The van der Waals surface area contributed by atoms with E-state index in [1.54, 1.807) is 6.92 Å². The number of nitrogens with zero attached hydrogens (tertiary/aromatic N) is 1. The summed E-state index contributed by atoms with van der Waals surface area (Å²) in [6.45, 7) is 17.5. The Morgan fingerprint density at radius 3 is 2.04 bits per heavy atom. The first-order valence-corrected chi connectivity index (χ1v) is 9.87. The van der Waals surface area contributed by atoms with Crippen molar-refractivity contribution >= 4 is 17.7 Å². The molecule has 2 rings (SSSR count). The molecule has 0 aromatic heterocycles. The second kappa shape index (κ2) is 6.21. The van der Waals surface area contributed by atoms with Crippen molar-refractivity contribution in [3.05, 3.63) is 0 Å². The number of rotatable bonds is 6. The number of nitrogens with one attached hydrogen (secondary N) is 2. The van der Waals surface area contributed by atoms with E-state index in [1.807, 2.05) is 25.8 Å². The molecule has 1 aliphatic carbocycles. The van der Waals surface area contributed by atoms with Gasteiger partial charge in [-0.05, 0) is 36.5 Å². The Morgan fingerprint density at radius 1 is 1.11 bits per heavy atom. The average molecular weight is 380 g/mol. The number of amides is 3. The molecule has 0 spiro atoms. The van der Waals surface area contributed by atoms with Crippen LogP contribution in [0.1, 0.15) is 68.2 Å². The van der Waals surface area contributed by atoms with Crippen LogP contribution in [0.5, 0.6) is 0 Å². The van der Waals surface area contributed by atoms with Crippen molar-refractivity contribution in [3.63, 3.8) is 0 Å². The molecule has 2 aliphatic rings. The molecule has 0 aromatic carbocycles. The summed E-state index contributed by atoms with van der Waals surface area (Å²) in [6.07, 6.45) is 0.897. The summed E-state index contributed by atoms with van der Waals surface area (Å²) in [5.41, 5.74) is -1.57. The minimum atomic E-state index is -0.829. The van der Waals surface area contributed by atoms with Gasteiger partial charge in [0.15, 0.2) is 0 Å². The third-order valence-corrected chi connectivity index (χ3v) is 7.94. The molecule has 1 atom stereocenters. The Kier molecular flexibility index (Phi) is 4.99. The second-order valence-electron chi connectivity index (χ2n) is 10.8. The summed E-state index contributed by atoms with van der Waals surface area (Å²) >= 11 is 0. The third-order valence-electron chi connectivity index (χ3n) is 7.94. The zero-order chi connectivity index (χ0) is 21.1. The molecule has 3 amide bonds. The zero-order valence-electron chi connectivity index (χ0n) is 18.5. The highest BCUT2D eigenvalue weighted by Gasteiger charge is 2.78. The van der Waals surface area contributed by atoms with Crippen LogP contribution in [0.3, 0.4) is 0 Å². The Hall–Kier alpha value is -1.59. The fourth-order valence-corrected chi connectivity index (χ4v) is 4.76. The maximum absolute atomic E-state index is 13.2. The minimum absolute atomic E-state index is 0.0427. The van der Waals surface area contributed by atoms with E-state index in [0.29, 0.717) is 25.9 Å². The third kappa shape index (κ3) is 3.25. The fraction of sp³-hybridized carbons (Fsp3) is 0.857. The molecule has 1 aliphatic heterocycles. The minimum Gasteiger partial charge on any atom is -0.353 e. The monoisotopic (exact) mass is 379 g/mol. The average Bonchev–Trinajstić information content (AvgIpc) is 2.80. The SMILES string of the molecule is CN(CC(C)(C)CNC(=O)[C@]1(C)CCC(=O)N1)C(=O)C1(C)C(C)(C)C1(C)C. The second-order valence-corrected chi connectivity index (χ2v) is 10.8. The van der Waals surface area contributed by atoms with Gasteiger partial charge < -0.3 is 15.5 Å². The molecule has 6 nitrogen and oxygen atoms in total. The van der Waals surface area contributed by atoms with Crippen LogP contribution < -0.4 is 10.6 Å². The van der Waals surface area contributed by atoms with Crippen LogP contribution in [0.25, 0.3) is 0 Å². The van der Waals surface area contributed by atoms with E-state index in [1.165, 1.54) is 0 Å². The summed E-state index contributed by atoms with van der Waals surface area (Å²) < 4.78 is 0. The molecular formula is C21H37N3O3. The van der Waals surface area contributed by atoms with Gasteiger partial charge in [0.25, 0.3) is 0 Å². The lowest BCUT2D eigenvalue weighted by molar-refractivity contribution is -0.138. The molecule has 1 saturated heterocycles. The Bertz CT molecular complexity index is 652. The number of hydrogen-bond donors (Lipinski definition) is 2. The molecule has 1 heterocycles. The molecule has 2 N–H and O–H groups in total. The molecule has 2 fully saturated rings. The van der Waals surface area contributed by atoms with Gasteiger partial charge in [0.1, 0.15) is 5.54 Å². The first-order chi connectivity index (χ1) is 12.0. The lowest BCUT2D eigenvalue weighted by atomic mass is 9.89. The van der Waals surface area contributed by atoms with E-state index >= 15 is 0 Å². The van der Waals surface area contributed by atoms with Gasteiger partial charge in [0.2, 0.25) is 17.7 Å². The van der Waals surface area contributed by atoms with E-state index in [4.69, 9.17) is 0 Å². The number of carbonyl (C=O) groups excluding carboxylic acids is 3. The van der Waals surface area contributed by atoms with Crippen molar-refractivity contribution in [1.29, 1.82) is 0 Å². The zero-order valence-corrected chi connectivity index (χ0v) is 18.5. The maximum atomic E-state index is 13.2. The highest BCUT2D eigenvalue weighted by molar-refractivity contribution is 5.94. The van der Waals surface area contributed by atoms with Gasteiger partial charge in [-0.1, -0.05) is 41.5 Å². The van der Waals surface area contributed by atoms with E-state index in [-0.39, 0.29) is 39.4 Å². The Labute approximate surface area is 163 Å². The van der Waals surface area contributed by atoms with Gasteiger partial charge in [-0.2, -0.15) is 0 Å². The molecule has 1 saturated carbocycles. The van der Waals surface area contributed by atoms with Gasteiger partial charge in [-0.3, -0.25) is 14.4 Å². The van der Waals surface area contributed by atoms with Gasteiger partial charge in [-0.25, -0.2) is 0 Å². The fourth-order valence-electron chi connectivity index (χ4n) is 4.76. The van der Waals surface area contributed by atoms with Crippen molar-refractivity contribution in [1.82, 2.24) is 15.5 Å². The van der Waals surface area contributed by atoms with Gasteiger partial charge in [-0.15, -0.1) is 0 Å². The maximum Gasteiger partial charge on any atom is 0.245 e. The van der Waals surface area contributed by atoms with E-state index in [0.717, 1.165) is 0 Å². The smallest absolute Gasteiger partial charge is 0.245 e. The predicted molar refractivity (Wildman–Crippen MR) is 106 cm³/mol. The van der Waals surface area contributed by atoms with Crippen molar-refractivity contribution in [2.45, 2.75) is 73.8 Å². The molecule has 0 radical (unpaired) electrons. The van der Waals surface area contributed by atoms with E-state index in [2.05, 4.69) is 45.3 Å². The Balaban J connectivity index is 1.95. The normalized spacial score (nSPS) is 27.7. The van der Waals surface area contributed by atoms with Crippen molar-refractivity contribution < 1.29 is 14.4 Å². The van der Waals surface area contributed by atoms with Crippen LogP contribution in [0, 0.1) is 21.7 Å². The van der Waals surface area contributed by atoms with Crippen molar-refractivity contribution in [3.8, 4) is 0 Å². The van der Waals surface area contributed by atoms with Crippen LogP contribution in [-0.2, 0) is 14.4 Å². The first-order valence-electron chi connectivity index (χ1n) is 9.87. The molecule has 27 heavy (non-hydrogen) atoms. The number of carbonyl (C=O) groups is 3. The van der Waals surface area contributed by atoms with Crippen molar-refractivity contribution in [2.24, 2.45) is 21.7 Å². The topological polar surface area (TPSA) is 78.5 Å². The van der Waals surface area contributed by atoms with Gasteiger partial charge in [0, 0.05) is 26.6 Å². The van der Waals surface area contributed by atoms with Crippen LogP contribution in [-0.4, -0.2) is 48.3 Å². The van der Waals surface area contributed by atoms with Crippen LogP contribution in [0.4, 0.5) is 0 Å². The molecule has 6 heteroatoms. The molecule has 0 unspecified atom stereocenters. The summed E-state index contributed by atoms with van der Waals surface area (Å²) in [7, 11) is 1.85. The van der Waals surface area contributed by atoms with Gasteiger partial charge in [0.05, 0.1) is 5.41 Å². The van der Waals surface area contributed by atoms with E-state index < -0.39 is 5.54 Å². The lowest BCUT2D eigenvalue weighted by Crippen LogP contribution is -2.54. The van der Waals surface area contributed by atoms with Crippen LogP contribution in [0.2, 0.25) is 0 Å². The molecular weight excluding hydrogens is 342 g/mol. The first kappa shape index (κ1) is 21.7. The molecule has 0 aromatic rings. The Morgan fingerprint density at radius 2 is 1.63 bits per heavy atom. The number of hydrogen-bond acceptors (Lipinski definition) is 3.